The molecule has 15 nitrogen and oxygen atoms in total. The van der Waals surface area contributed by atoms with Crippen LogP contribution in [0.2, 0.25) is 0 Å². The fraction of sp³-hybridized carbons (Fsp3) is 0.488. The number of alkyl halides is 3. The molecular weight excluding hydrogens is 773 g/mol. The Labute approximate surface area is 341 Å². The quantitative estimate of drug-likeness (QED) is 0.0555. The van der Waals surface area contributed by atoms with Crippen LogP contribution in [0.5, 0.6) is 0 Å². The van der Waals surface area contributed by atoms with Crippen molar-refractivity contribution in [3.63, 3.8) is 0 Å². The summed E-state index contributed by atoms with van der Waals surface area (Å²) in [4.78, 5) is 56.8. The highest BCUT2D eigenvalue weighted by molar-refractivity contribution is 5.86. The van der Waals surface area contributed by atoms with Gasteiger partial charge in [-0.1, -0.05) is 69.3 Å². The van der Waals surface area contributed by atoms with Gasteiger partial charge in [0.05, 0.1) is 56.6 Å². The fourth-order valence-electron chi connectivity index (χ4n) is 7.08. The van der Waals surface area contributed by atoms with Crippen molar-refractivity contribution in [3.05, 3.63) is 72.6 Å². The van der Waals surface area contributed by atoms with Crippen molar-refractivity contribution in [2.75, 3.05) is 40.5 Å². The van der Waals surface area contributed by atoms with Crippen LogP contribution < -0.4 is 10.6 Å². The second-order valence-corrected chi connectivity index (χ2v) is 14.7. The van der Waals surface area contributed by atoms with Crippen LogP contribution in [-0.4, -0.2) is 118 Å². The highest BCUT2D eigenvalue weighted by Gasteiger charge is 2.37. The van der Waals surface area contributed by atoms with Gasteiger partial charge in [-0.2, -0.15) is 13.2 Å². The summed E-state index contributed by atoms with van der Waals surface area (Å²) < 4.78 is 51.8. The number of carbonyl (C=O) groups is 3. The molecule has 3 amide bonds. The SMILES string of the molecule is CCCN(Cc1ncc(-c2ccc(-c3ccc(-c4cnc([C@@H]5CCCN5C(=O)[C@H](CCOCC(F)(F)F)NC(=O)OC)[nH]4)cc3)cc2)[nH]1)C(O)[C@@H](NC(=O)OC)C(C)C. The van der Waals surface area contributed by atoms with E-state index in [1.54, 1.807) is 17.3 Å². The van der Waals surface area contributed by atoms with Gasteiger partial charge in [-0.3, -0.25) is 9.69 Å². The fourth-order valence-corrected chi connectivity index (χ4v) is 7.08. The Bertz CT molecular complexity index is 1970. The monoisotopic (exact) mass is 826 g/mol. The van der Waals surface area contributed by atoms with Crippen LogP contribution in [0.25, 0.3) is 33.6 Å². The number of imidazole rings is 2. The predicted molar refractivity (Wildman–Crippen MR) is 212 cm³/mol. The van der Waals surface area contributed by atoms with E-state index in [9.17, 15) is 32.7 Å². The second kappa shape index (κ2) is 20.5. The first-order valence-corrected chi connectivity index (χ1v) is 19.6. The summed E-state index contributed by atoms with van der Waals surface area (Å²) in [5.74, 6) is 0.725. The number of methoxy groups -OCH3 is 2. The Morgan fingerprint density at radius 2 is 1.49 bits per heavy atom. The average Bonchev–Trinajstić information content (AvgIpc) is 4.02. The Balaban J connectivity index is 1.22. The Kier molecular flexibility index (Phi) is 15.5. The Hall–Kier alpha value is -5.46. The molecule has 1 aliphatic heterocycles. The van der Waals surface area contributed by atoms with Crippen LogP contribution in [0, 0.1) is 5.92 Å². The molecule has 5 rings (SSSR count). The predicted octanol–water partition coefficient (Wildman–Crippen LogP) is 6.40. The van der Waals surface area contributed by atoms with Gasteiger partial charge in [-0.15, -0.1) is 0 Å². The molecule has 59 heavy (non-hydrogen) atoms. The van der Waals surface area contributed by atoms with Gasteiger partial charge in [0.15, 0.2) is 0 Å². The lowest BCUT2D eigenvalue weighted by atomic mass is 10.0. The van der Waals surface area contributed by atoms with E-state index in [1.807, 2.05) is 74.2 Å². The van der Waals surface area contributed by atoms with Gasteiger partial charge in [0.2, 0.25) is 5.91 Å². The van der Waals surface area contributed by atoms with E-state index in [-0.39, 0.29) is 18.9 Å². The van der Waals surface area contributed by atoms with Crippen LogP contribution >= 0.6 is 0 Å². The van der Waals surface area contributed by atoms with Crippen molar-refractivity contribution in [2.24, 2.45) is 5.92 Å². The smallest absolute Gasteiger partial charge is 0.411 e. The van der Waals surface area contributed by atoms with Crippen LogP contribution in [0.4, 0.5) is 22.8 Å². The zero-order valence-electron chi connectivity index (χ0n) is 33.8. The third-order valence-corrected chi connectivity index (χ3v) is 10.1. The number of aliphatic hydroxyl groups is 1. The summed E-state index contributed by atoms with van der Waals surface area (Å²) in [5, 5.41) is 16.4. The number of carbonyl (C=O) groups excluding carboxylic acids is 3. The minimum atomic E-state index is -4.51. The van der Waals surface area contributed by atoms with Crippen LogP contribution in [0.15, 0.2) is 60.9 Å². The molecule has 2 aromatic carbocycles. The number of nitrogens with zero attached hydrogens (tertiary/aromatic N) is 4. The molecule has 1 fully saturated rings. The van der Waals surface area contributed by atoms with Gasteiger partial charge in [-0.25, -0.2) is 19.6 Å². The summed E-state index contributed by atoms with van der Waals surface area (Å²) in [7, 11) is 2.43. The molecular formula is C41H53F3N8O7. The van der Waals surface area contributed by atoms with E-state index in [2.05, 4.69) is 35.3 Å². The lowest BCUT2D eigenvalue weighted by Crippen LogP contribution is -2.54. The molecule has 4 aromatic rings. The lowest BCUT2D eigenvalue weighted by molar-refractivity contribution is -0.174. The molecule has 5 N–H and O–H groups in total. The van der Waals surface area contributed by atoms with E-state index < -0.39 is 55.2 Å². The van der Waals surface area contributed by atoms with Gasteiger partial charge in [-0.05, 0) is 47.4 Å². The first-order valence-electron chi connectivity index (χ1n) is 19.6. The van der Waals surface area contributed by atoms with E-state index in [0.29, 0.717) is 44.1 Å². The molecule has 0 saturated carbocycles. The molecule has 3 heterocycles. The molecule has 1 saturated heterocycles. The number of likely N-dealkylation sites (tertiary alicyclic amines) is 1. The van der Waals surface area contributed by atoms with E-state index >= 15 is 0 Å². The maximum Gasteiger partial charge on any atom is 0.411 e. The molecule has 1 aliphatic rings. The van der Waals surface area contributed by atoms with Gasteiger partial charge in [0.1, 0.15) is 30.5 Å². The van der Waals surface area contributed by atoms with Gasteiger partial charge in [0.25, 0.3) is 0 Å². The van der Waals surface area contributed by atoms with Crippen molar-refractivity contribution in [3.8, 4) is 33.6 Å². The third kappa shape index (κ3) is 12.0. The first kappa shape index (κ1) is 44.6. The summed E-state index contributed by atoms with van der Waals surface area (Å²) in [5.41, 5.74) is 5.37. The molecule has 0 bridgehead atoms. The number of alkyl carbamates (subject to hydrolysis) is 2. The van der Waals surface area contributed by atoms with E-state index in [1.165, 1.54) is 7.11 Å². The number of benzene rings is 2. The van der Waals surface area contributed by atoms with Gasteiger partial charge < -0.3 is 44.8 Å². The number of halogens is 3. The zero-order valence-corrected chi connectivity index (χ0v) is 33.8. The molecule has 0 radical (unpaired) electrons. The van der Waals surface area contributed by atoms with Gasteiger partial charge in [0, 0.05) is 26.1 Å². The highest BCUT2D eigenvalue weighted by atomic mass is 19.4. The van der Waals surface area contributed by atoms with Crippen molar-refractivity contribution in [1.82, 2.24) is 40.4 Å². The number of rotatable bonds is 18. The van der Waals surface area contributed by atoms with Crippen LogP contribution in [-0.2, 0) is 25.5 Å². The van der Waals surface area contributed by atoms with Crippen molar-refractivity contribution in [2.45, 2.75) is 83.5 Å². The molecule has 0 spiro atoms. The topological polar surface area (TPSA) is 187 Å². The minimum Gasteiger partial charge on any atom is -0.453 e. The first-order chi connectivity index (χ1) is 28.2. The molecule has 320 valence electrons. The largest absolute Gasteiger partial charge is 0.453 e. The summed E-state index contributed by atoms with van der Waals surface area (Å²) >= 11 is 0. The second-order valence-electron chi connectivity index (χ2n) is 14.7. The molecule has 0 aliphatic carbocycles. The van der Waals surface area contributed by atoms with E-state index in [4.69, 9.17) is 9.47 Å². The Morgan fingerprint density at radius 1 is 0.915 bits per heavy atom. The number of aliphatic hydroxyl groups excluding tert-OH is 1. The van der Waals surface area contributed by atoms with Crippen LogP contribution in [0.1, 0.15) is 64.1 Å². The standard InChI is InChI=1S/C41H53F3N8O7/c1-6-18-51(38(54)35(25(2)3)50-40(56)58-5)23-34-45-21-31(47-34)28-13-9-26(10-14-28)27-11-15-29(16-12-27)32-22-46-36(48-32)33-8-7-19-52(33)37(53)30(49-39(55)57-4)17-20-59-24-41(42,43)44/h9-16,21-22,25,30,33,35,38,54H,6-8,17-20,23-24H2,1-5H3,(H,45,47)(H,46,48)(H,49,55)(H,50,56)/t30-,33-,35-,38?/m0/s1. The lowest BCUT2D eigenvalue weighted by Gasteiger charge is -2.35. The molecule has 4 atom stereocenters. The number of nitrogens with one attached hydrogen (secondary N) is 4. The molecule has 18 heteroatoms. The number of aromatic nitrogens is 4. The van der Waals surface area contributed by atoms with Crippen molar-refractivity contribution >= 4 is 18.1 Å². The van der Waals surface area contributed by atoms with Gasteiger partial charge >= 0.3 is 18.4 Å². The summed E-state index contributed by atoms with van der Waals surface area (Å²) in [6, 6.07) is 13.9. The maximum atomic E-state index is 13.6. The van der Waals surface area contributed by atoms with Crippen molar-refractivity contribution < 1.29 is 46.9 Å². The minimum absolute atomic E-state index is 0.0458. The molecule has 2 aromatic heterocycles. The maximum absolute atomic E-state index is 13.6. The highest BCUT2D eigenvalue weighted by Crippen LogP contribution is 2.33. The number of hydrogen-bond donors (Lipinski definition) is 5. The summed E-state index contributed by atoms with van der Waals surface area (Å²) in [6.07, 6.45) is -1.58. The summed E-state index contributed by atoms with van der Waals surface area (Å²) in [6.45, 7) is 5.35. The average molecular weight is 827 g/mol. The van der Waals surface area contributed by atoms with Crippen molar-refractivity contribution in [1.29, 1.82) is 0 Å². The van der Waals surface area contributed by atoms with Crippen LogP contribution in [0.3, 0.4) is 0 Å². The number of ether oxygens (including phenoxy) is 3. The molecule has 1 unspecified atom stereocenters. The number of aromatic amines is 2. The van der Waals surface area contributed by atoms with E-state index in [0.717, 1.165) is 47.2 Å². The number of amides is 3. The zero-order chi connectivity index (χ0) is 42.7. The number of hydrogen-bond acceptors (Lipinski definition) is 10. The third-order valence-electron chi connectivity index (χ3n) is 10.1. The Morgan fingerprint density at radius 3 is 2.07 bits per heavy atom. The normalized spacial score (nSPS) is 15.9. The number of H-pyrrole nitrogens is 2.